The van der Waals surface area contributed by atoms with Gasteiger partial charge < -0.3 is 4.74 Å². The predicted molar refractivity (Wildman–Crippen MR) is 118 cm³/mol. The van der Waals surface area contributed by atoms with Crippen LogP contribution in [-0.2, 0) is 19.3 Å². The summed E-state index contributed by atoms with van der Waals surface area (Å²) in [6.07, 6.45) is -3.10. The Kier molecular flexibility index (Phi) is 7.29. The van der Waals surface area contributed by atoms with Gasteiger partial charge in [-0.1, -0.05) is 25.5 Å². The molecule has 3 aromatic rings. The molecule has 0 saturated heterocycles. The molecule has 1 nitrogen and oxygen atoms in total. The molecule has 3 aromatic carbocycles. The lowest BCUT2D eigenvalue weighted by Crippen LogP contribution is -2.20. The van der Waals surface area contributed by atoms with Crippen LogP contribution < -0.4 is 4.74 Å². The van der Waals surface area contributed by atoms with E-state index in [0.717, 1.165) is 37.1 Å². The highest BCUT2D eigenvalue weighted by atomic mass is 19.4. The Labute approximate surface area is 202 Å². The lowest BCUT2D eigenvalue weighted by atomic mass is 9.78. The van der Waals surface area contributed by atoms with Crippen molar-refractivity contribution in [2.24, 2.45) is 0 Å². The molecule has 0 aliphatic heterocycles. The maximum atomic E-state index is 15.3. The molecule has 1 aliphatic carbocycles. The van der Waals surface area contributed by atoms with Crippen LogP contribution in [0.1, 0.15) is 54.4 Å². The highest BCUT2D eigenvalue weighted by molar-refractivity contribution is 5.68. The molecule has 0 N–H and O–H groups in total. The molecule has 0 heterocycles. The van der Waals surface area contributed by atoms with Crippen LogP contribution in [0.5, 0.6) is 5.75 Å². The van der Waals surface area contributed by atoms with Gasteiger partial charge in [-0.3, -0.25) is 0 Å². The van der Waals surface area contributed by atoms with Gasteiger partial charge in [-0.25, -0.2) is 22.0 Å². The van der Waals surface area contributed by atoms with Crippen molar-refractivity contribution in [3.8, 4) is 16.9 Å². The summed E-state index contributed by atoms with van der Waals surface area (Å²) < 4.78 is 116. The minimum absolute atomic E-state index is 0.0955. The van der Waals surface area contributed by atoms with Gasteiger partial charge in [-0.05, 0) is 84.5 Å². The molecule has 0 saturated carbocycles. The molecule has 192 valence electrons. The topological polar surface area (TPSA) is 9.23 Å². The van der Waals surface area contributed by atoms with E-state index in [1.807, 2.05) is 6.92 Å². The molecule has 0 radical (unpaired) electrons. The molecule has 0 bridgehead atoms. The second kappa shape index (κ2) is 10.1. The molecule has 1 unspecified atom stereocenters. The maximum Gasteiger partial charge on any atom is 0.573 e. The van der Waals surface area contributed by atoms with Crippen molar-refractivity contribution in [3.63, 3.8) is 0 Å². The number of benzene rings is 3. The third-order valence-corrected chi connectivity index (χ3v) is 6.46. The van der Waals surface area contributed by atoms with Crippen molar-refractivity contribution in [2.75, 3.05) is 0 Å². The van der Waals surface area contributed by atoms with Crippen molar-refractivity contribution >= 4 is 0 Å². The van der Waals surface area contributed by atoms with Crippen LogP contribution >= 0.6 is 0 Å². The molecule has 4 rings (SSSR count). The molecule has 0 fully saturated rings. The molecule has 0 aromatic heterocycles. The van der Waals surface area contributed by atoms with Crippen LogP contribution in [0.4, 0.5) is 35.1 Å². The van der Waals surface area contributed by atoms with Gasteiger partial charge in [0.15, 0.2) is 11.6 Å². The smallest absolute Gasteiger partial charge is 0.406 e. The van der Waals surface area contributed by atoms with Crippen molar-refractivity contribution < 1.29 is 39.9 Å². The molecule has 36 heavy (non-hydrogen) atoms. The summed E-state index contributed by atoms with van der Waals surface area (Å²) in [7, 11) is 0. The van der Waals surface area contributed by atoms with Crippen LogP contribution in [0.25, 0.3) is 11.1 Å². The fraction of sp³-hybridized carbons (Fsp3) is 0.333. The van der Waals surface area contributed by atoms with Gasteiger partial charge in [-0.2, -0.15) is 0 Å². The van der Waals surface area contributed by atoms with Crippen molar-refractivity contribution in [1.29, 1.82) is 0 Å². The number of ether oxygens (including phenoxy) is 1. The van der Waals surface area contributed by atoms with Crippen molar-refractivity contribution in [3.05, 3.63) is 87.7 Å². The maximum absolute atomic E-state index is 15.3. The summed E-state index contributed by atoms with van der Waals surface area (Å²) >= 11 is 0. The van der Waals surface area contributed by atoms with E-state index in [0.29, 0.717) is 12.0 Å². The van der Waals surface area contributed by atoms with E-state index >= 15 is 8.78 Å². The van der Waals surface area contributed by atoms with Crippen LogP contribution in [0.3, 0.4) is 0 Å². The van der Waals surface area contributed by atoms with Gasteiger partial charge in [0.1, 0.15) is 23.2 Å². The fourth-order valence-corrected chi connectivity index (χ4v) is 4.77. The third kappa shape index (κ3) is 5.20. The van der Waals surface area contributed by atoms with Crippen LogP contribution in [-0.4, -0.2) is 6.36 Å². The number of fused-ring (bicyclic) bond motifs is 1. The van der Waals surface area contributed by atoms with Gasteiger partial charge >= 0.3 is 6.36 Å². The number of rotatable bonds is 6. The van der Waals surface area contributed by atoms with E-state index in [2.05, 4.69) is 4.74 Å². The van der Waals surface area contributed by atoms with Gasteiger partial charge in [-0.15, -0.1) is 13.2 Å². The second-order valence-electron chi connectivity index (χ2n) is 8.86. The average molecular weight is 514 g/mol. The van der Waals surface area contributed by atoms with Gasteiger partial charge in [0.2, 0.25) is 0 Å². The average Bonchev–Trinajstić information content (AvgIpc) is 2.81. The zero-order valence-electron chi connectivity index (χ0n) is 19.2. The summed E-state index contributed by atoms with van der Waals surface area (Å²) in [5.41, 5.74) is -1.03. The Morgan fingerprint density at radius 3 is 2.08 bits per heavy atom. The number of hydrogen-bond acceptors (Lipinski definition) is 1. The Bertz CT molecular complexity index is 1240. The first kappa shape index (κ1) is 26.0. The Balaban J connectivity index is 1.66. The van der Waals surface area contributed by atoms with Crippen LogP contribution in [0.15, 0.2) is 36.4 Å². The largest absolute Gasteiger partial charge is 0.573 e. The Hall–Kier alpha value is -3.10. The lowest BCUT2D eigenvalue weighted by Gasteiger charge is -2.28. The summed E-state index contributed by atoms with van der Waals surface area (Å²) in [4.78, 5) is 0. The minimum Gasteiger partial charge on any atom is -0.406 e. The Morgan fingerprint density at radius 2 is 1.50 bits per heavy atom. The molecule has 0 amide bonds. The normalized spacial score (nSPS) is 15.6. The Morgan fingerprint density at radius 1 is 0.861 bits per heavy atom. The second-order valence-corrected chi connectivity index (χ2v) is 8.86. The number of hydrogen-bond donors (Lipinski definition) is 0. The summed E-state index contributed by atoms with van der Waals surface area (Å²) in [5, 5.41) is 0. The predicted octanol–water partition coefficient (Wildman–Crippen LogP) is 8.56. The number of alkyl halides is 3. The minimum atomic E-state index is -4.94. The molecule has 0 spiro atoms. The first-order valence-electron chi connectivity index (χ1n) is 11.5. The number of halogens is 8. The zero-order valence-corrected chi connectivity index (χ0v) is 19.2. The SMILES string of the molecule is CCCCc1cc(F)c(C2CCc3c(F)c(-c4ccc(OC(F)(F)F)cc4)c(F)c(F)c3C2)c(F)c1. The molecule has 1 atom stereocenters. The molecule has 9 heteroatoms. The van der Waals surface area contributed by atoms with Gasteiger partial charge in [0.05, 0.1) is 5.56 Å². The van der Waals surface area contributed by atoms with E-state index < -0.39 is 52.7 Å². The van der Waals surface area contributed by atoms with Crippen LogP contribution in [0, 0.1) is 29.1 Å². The van der Waals surface area contributed by atoms with E-state index in [4.69, 9.17) is 0 Å². The van der Waals surface area contributed by atoms with Crippen molar-refractivity contribution in [2.45, 2.75) is 57.7 Å². The fourth-order valence-electron chi connectivity index (χ4n) is 4.77. The quantitative estimate of drug-likeness (QED) is 0.237. The monoisotopic (exact) mass is 514 g/mol. The highest BCUT2D eigenvalue weighted by Crippen LogP contribution is 2.42. The van der Waals surface area contributed by atoms with Crippen LogP contribution in [0.2, 0.25) is 0 Å². The number of unbranched alkanes of at least 4 members (excludes halogenated alkanes) is 1. The van der Waals surface area contributed by atoms with Crippen molar-refractivity contribution in [1.82, 2.24) is 0 Å². The standard InChI is InChI=1S/C27H22F8O/c1-2-3-4-14-11-20(28)22(21(29)12-14)16-7-10-18-19(13-16)25(31)26(32)23(24(18)30)15-5-8-17(9-6-15)36-27(33,34)35/h5-6,8-9,11-12,16H,2-4,7,10,13H2,1H3. The lowest BCUT2D eigenvalue weighted by molar-refractivity contribution is -0.274. The first-order chi connectivity index (χ1) is 17.0. The van der Waals surface area contributed by atoms with E-state index in [1.54, 1.807) is 0 Å². The third-order valence-electron chi connectivity index (χ3n) is 6.46. The first-order valence-corrected chi connectivity index (χ1v) is 11.5. The van der Waals surface area contributed by atoms with E-state index in [1.165, 1.54) is 12.1 Å². The van der Waals surface area contributed by atoms with E-state index in [-0.39, 0.29) is 41.5 Å². The summed E-state index contributed by atoms with van der Waals surface area (Å²) in [6, 6.07) is 6.21. The van der Waals surface area contributed by atoms with E-state index in [9.17, 15) is 26.3 Å². The summed E-state index contributed by atoms with van der Waals surface area (Å²) in [5.74, 6) is -6.87. The molecular weight excluding hydrogens is 492 g/mol. The number of aryl methyl sites for hydroxylation is 1. The summed E-state index contributed by atoms with van der Waals surface area (Å²) in [6.45, 7) is 1.95. The van der Waals surface area contributed by atoms with Gasteiger partial charge in [0.25, 0.3) is 0 Å². The zero-order chi connectivity index (χ0) is 26.2. The highest BCUT2D eigenvalue weighted by Gasteiger charge is 2.34. The molecular formula is C27H22F8O. The van der Waals surface area contributed by atoms with Gasteiger partial charge in [0, 0.05) is 5.56 Å². The molecule has 1 aliphatic rings.